The highest BCUT2D eigenvalue weighted by Crippen LogP contribution is 2.27. The Morgan fingerprint density at radius 2 is 1.85 bits per heavy atom. The summed E-state index contributed by atoms with van der Waals surface area (Å²) in [5, 5.41) is 4.10. The van der Waals surface area contributed by atoms with Gasteiger partial charge in [0.2, 0.25) is 0 Å². The lowest BCUT2D eigenvalue weighted by atomic mass is 10.0. The Labute approximate surface area is 158 Å². The molecule has 0 spiro atoms. The summed E-state index contributed by atoms with van der Waals surface area (Å²) in [5.41, 5.74) is 1.94. The fourth-order valence-electron chi connectivity index (χ4n) is 3.93. The number of amides is 1. The van der Waals surface area contributed by atoms with Crippen LogP contribution in [0.4, 0.5) is 0 Å². The number of benzene rings is 1. The number of carbonyl (C=O) groups excluding carboxylic acids is 1. The lowest BCUT2D eigenvalue weighted by molar-refractivity contribution is 0.0587. The molecule has 27 heavy (non-hydrogen) atoms. The summed E-state index contributed by atoms with van der Waals surface area (Å²) in [6.45, 7) is 4.29. The molecule has 0 saturated carbocycles. The third-order valence-corrected chi connectivity index (χ3v) is 7.20. The molecule has 2 aromatic rings. The first-order valence-electron chi connectivity index (χ1n) is 9.20. The fourth-order valence-corrected chi connectivity index (χ4v) is 5.69. The number of sulfone groups is 1. The Hall–Kier alpha value is -2.19. The van der Waals surface area contributed by atoms with Crippen molar-refractivity contribution < 1.29 is 17.7 Å². The topological polar surface area (TPSA) is 83.7 Å². The molecule has 3 heterocycles. The average Bonchev–Trinajstić information content (AvgIpc) is 3.24. The second kappa shape index (κ2) is 7.09. The zero-order valence-corrected chi connectivity index (χ0v) is 16.1. The molecule has 1 amide bonds. The highest BCUT2D eigenvalue weighted by Gasteiger charge is 2.35. The van der Waals surface area contributed by atoms with Crippen molar-refractivity contribution in [2.75, 3.05) is 37.7 Å². The summed E-state index contributed by atoms with van der Waals surface area (Å²) in [7, 11) is -2.89. The molecule has 2 aliphatic heterocycles. The maximum absolute atomic E-state index is 13.1. The van der Waals surface area contributed by atoms with Crippen LogP contribution in [0.25, 0.3) is 11.3 Å². The van der Waals surface area contributed by atoms with Crippen LogP contribution in [0.15, 0.2) is 34.9 Å². The van der Waals surface area contributed by atoms with Crippen LogP contribution in [-0.4, -0.2) is 73.0 Å². The lowest BCUT2D eigenvalue weighted by Crippen LogP contribution is -2.52. The van der Waals surface area contributed by atoms with Gasteiger partial charge in [-0.3, -0.25) is 9.69 Å². The van der Waals surface area contributed by atoms with Gasteiger partial charge in [-0.2, -0.15) is 0 Å². The van der Waals surface area contributed by atoms with Crippen LogP contribution in [0.3, 0.4) is 0 Å². The molecule has 0 aliphatic carbocycles. The molecule has 0 radical (unpaired) electrons. The van der Waals surface area contributed by atoms with E-state index in [4.69, 9.17) is 4.52 Å². The third-order valence-electron chi connectivity index (χ3n) is 5.45. The molecule has 8 heteroatoms. The Kier molecular flexibility index (Phi) is 4.77. The second-order valence-corrected chi connectivity index (χ2v) is 9.44. The molecule has 2 saturated heterocycles. The third kappa shape index (κ3) is 3.64. The van der Waals surface area contributed by atoms with Gasteiger partial charge in [0.15, 0.2) is 9.84 Å². The van der Waals surface area contributed by atoms with Crippen LogP contribution < -0.4 is 0 Å². The Balaban J connectivity index is 1.47. The summed E-state index contributed by atoms with van der Waals surface area (Å²) in [4.78, 5) is 17.1. The number of rotatable bonds is 3. The van der Waals surface area contributed by atoms with Crippen LogP contribution in [-0.2, 0) is 9.84 Å². The number of nitrogens with zero attached hydrogens (tertiary/aromatic N) is 3. The predicted octanol–water partition coefficient (Wildman–Crippen LogP) is 1.59. The molecular weight excluding hydrogens is 366 g/mol. The normalized spacial score (nSPS) is 22.9. The molecule has 7 nitrogen and oxygen atoms in total. The molecule has 2 aliphatic rings. The van der Waals surface area contributed by atoms with E-state index in [9.17, 15) is 13.2 Å². The van der Waals surface area contributed by atoms with Crippen LogP contribution in [0.2, 0.25) is 0 Å². The van der Waals surface area contributed by atoms with E-state index >= 15 is 0 Å². The standard InChI is InChI=1S/C19H23N3O4S/c1-14-17(18(20-26-14)15-5-3-2-4-6-15)19(23)22-10-8-21(9-11-22)16-7-12-27(24,25)13-16/h2-6,16H,7-13H2,1H3/t16-/m1/s1. The number of piperazine rings is 1. The van der Waals surface area contributed by atoms with Gasteiger partial charge >= 0.3 is 0 Å². The van der Waals surface area contributed by atoms with Gasteiger partial charge in [-0.15, -0.1) is 0 Å². The predicted molar refractivity (Wildman–Crippen MR) is 101 cm³/mol. The number of aromatic nitrogens is 1. The summed E-state index contributed by atoms with van der Waals surface area (Å²) in [6, 6.07) is 9.63. The van der Waals surface area contributed by atoms with Crippen molar-refractivity contribution in [1.82, 2.24) is 15.0 Å². The lowest BCUT2D eigenvalue weighted by Gasteiger charge is -2.37. The van der Waals surface area contributed by atoms with Gasteiger partial charge in [-0.25, -0.2) is 8.42 Å². The van der Waals surface area contributed by atoms with Crippen molar-refractivity contribution in [1.29, 1.82) is 0 Å². The second-order valence-electron chi connectivity index (χ2n) is 7.21. The van der Waals surface area contributed by atoms with Gasteiger partial charge < -0.3 is 9.42 Å². The molecular formula is C19H23N3O4S. The molecule has 144 valence electrons. The van der Waals surface area contributed by atoms with Crippen molar-refractivity contribution in [2.45, 2.75) is 19.4 Å². The SMILES string of the molecule is Cc1onc(-c2ccccc2)c1C(=O)N1CCN([C@@H]2CCS(=O)(=O)C2)CC1. The molecule has 0 bridgehead atoms. The van der Waals surface area contributed by atoms with E-state index in [2.05, 4.69) is 10.1 Å². The Bertz CT molecular complexity index is 931. The van der Waals surface area contributed by atoms with Gasteiger partial charge in [0.25, 0.3) is 5.91 Å². The zero-order chi connectivity index (χ0) is 19.0. The van der Waals surface area contributed by atoms with E-state index in [1.165, 1.54) is 0 Å². The van der Waals surface area contributed by atoms with E-state index in [-0.39, 0.29) is 23.5 Å². The van der Waals surface area contributed by atoms with Crippen molar-refractivity contribution >= 4 is 15.7 Å². The molecule has 1 aromatic heterocycles. The number of hydrogen-bond donors (Lipinski definition) is 0. The highest BCUT2D eigenvalue weighted by atomic mass is 32.2. The Morgan fingerprint density at radius 1 is 1.15 bits per heavy atom. The smallest absolute Gasteiger partial charge is 0.259 e. The first-order valence-corrected chi connectivity index (χ1v) is 11.0. The van der Waals surface area contributed by atoms with Crippen LogP contribution in [0.5, 0.6) is 0 Å². The minimum absolute atomic E-state index is 0.0775. The van der Waals surface area contributed by atoms with Gasteiger partial charge in [-0.1, -0.05) is 35.5 Å². The molecule has 0 N–H and O–H groups in total. The van der Waals surface area contributed by atoms with Crippen molar-refractivity contribution in [3.8, 4) is 11.3 Å². The van der Waals surface area contributed by atoms with E-state index < -0.39 is 9.84 Å². The average molecular weight is 389 g/mol. The van der Waals surface area contributed by atoms with E-state index in [0.29, 0.717) is 49.6 Å². The maximum Gasteiger partial charge on any atom is 0.259 e. The van der Waals surface area contributed by atoms with Crippen LogP contribution >= 0.6 is 0 Å². The maximum atomic E-state index is 13.1. The first-order chi connectivity index (χ1) is 12.9. The highest BCUT2D eigenvalue weighted by molar-refractivity contribution is 7.91. The molecule has 1 aromatic carbocycles. The van der Waals surface area contributed by atoms with Crippen LogP contribution in [0.1, 0.15) is 22.5 Å². The van der Waals surface area contributed by atoms with Crippen molar-refractivity contribution in [3.63, 3.8) is 0 Å². The van der Waals surface area contributed by atoms with Crippen molar-refractivity contribution in [2.24, 2.45) is 0 Å². The summed E-state index contributed by atoms with van der Waals surface area (Å²) < 4.78 is 28.7. The molecule has 1 atom stereocenters. The fraction of sp³-hybridized carbons (Fsp3) is 0.474. The molecule has 4 rings (SSSR count). The van der Waals surface area contributed by atoms with Gasteiger partial charge in [0.05, 0.1) is 11.5 Å². The van der Waals surface area contributed by atoms with Gasteiger partial charge in [0.1, 0.15) is 17.0 Å². The summed E-state index contributed by atoms with van der Waals surface area (Å²) in [6.07, 6.45) is 0.694. The quantitative estimate of drug-likeness (QED) is 0.793. The molecule has 2 fully saturated rings. The van der Waals surface area contributed by atoms with E-state index in [1.54, 1.807) is 6.92 Å². The van der Waals surface area contributed by atoms with Gasteiger partial charge in [0, 0.05) is 37.8 Å². The zero-order valence-electron chi connectivity index (χ0n) is 15.3. The van der Waals surface area contributed by atoms with Crippen LogP contribution in [0, 0.1) is 6.92 Å². The summed E-state index contributed by atoms with van der Waals surface area (Å²) in [5.74, 6) is 0.954. The van der Waals surface area contributed by atoms with Crippen molar-refractivity contribution in [3.05, 3.63) is 41.7 Å². The minimum Gasteiger partial charge on any atom is -0.360 e. The van der Waals surface area contributed by atoms with Gasteiger partial charge in [-0.05, 0) is 13.3 Å². The Morgan fingerprint density at radius 3 is 2.48 bits per heavy atom. The van der Waals surface area contributed by atoms with E-state index in [1.807, 2.05) is 35.2 Å². The van der Waals surface area contributed by atoms with E-state index in [0.717, 1.165) is 5.56 Å². The number of aryl methyl sites for hydroxylation is 1. The minimum atomic E-state index is -2.89. The monoisotopic (exact) mass is 389 g/mol. The number of carbonyl (C=O) groups is 1. The molecule has 0 unspecified atom stereocenters. The number of hydrogen-bond acceptors (Lipinski definition) is 6. The largest absolute Gasteiger partial charge is 0.360 e. The first kappa shape index (κ1) is 18.2. The summed E-state index contributed by atoms with van der Waals surface area (Å²) >= 11 is 0.